The highest BCUT2D eigenvalue weighted by Gasteiger charge is 2.50. The van der Waals surface area contributed by atoms with E-state index >= 15 is 0 Å². The molecule has 2 rings (SSSR count). The summed E-state index contributed by atoms with van der Waals surface area (Å²) >= 11 is 0. The van der Waals surface area contributed by atoms with E-state index < -0.39 is 15.5 Å². The summed E-state index contributed by atoms with van der Waals surface area (Å²) in [7, 11) is -3.64. The second-order valence-electron chi connectivity index (χ2n) is 7.12. The van der Waals surface area contributed by atoms with Gasteiger partial charge in [0.15, 0.2) is 11.8 Å². The number of nitrogens with zero attached hydrogens (tertiary/aromatic N) is 4. The third kappa shape index (κ3) is 7.21. The predicted molar refractivity (Wildman–Crippen MR) is 116 cm³/mol. The minimum absolute atomic E-state index is 0. The van der Waals surface area contributed by atoms with E-state index in [0.717, 1.165) is 0 Å². The van der Waals surface area contributed by atoms with Crippen molar-refractivity contribution in [3.8, 4) is 0 Å². The Hall–Kier alpha value is -1.16. The van der Waals surface area contributed by atoms with E-state index in [2.05, 4.69) is 25.8 Å². The molecule has 1 aliphatic heterocycles. The molecule has 0 bridgehead atoms. The van der Waals surface area contributed by atoms with Crippen LogP contribution in [-0.2, 0) is 16.4 Å². The van der Waals surface area contributed by atoms with Crippen molar-refractivity contribution >= 4 is 40.0 Å². The maximum absolute atomic E-state index is 12.6. The molecule has 2 N–H and O–H groups in total. The van der Waals surface area contributed by atoms with E-state index in [0.29, 0.717) is 54.3 Å². The van der Waals surface area contributed by atoms with Crippen molar-refractivity contribution in [3.63, 3.8) is 0 Å². The maximum atomic E-state index is 12.6. The fourth-order valence-electron chi connectivity index (χ4n) is 2.85. The first-order valence-corrected chi connectivity index (χ1v) is 10.8. The first kappa shape index (κ1) is 26.9. The number of alkyl halides is 3. The first-order valence-electron chi connectivity index (χ1n) is 9.38. The van der Waals surface area contributed by atoms with Crippen molar-refractivity contribution in [1.82, 2.24) is 25.1 Å². The Morgan fingerprint density at radius 2 is 1.93 bits per heavy atom. The highest BCUT2D eigenvalue weighted by molar-refractivity contribution is 14.0. The summed E-state index contributed by atoms with van der Waals surface area (Å²) in [6.45, 7) is 4.66. The molecule has 0 aliphatic carbocycles. The molecular weight excluding hydrogens is 540 g/mol. The molecule has 30 heavy (non-hydrogen) atoms. The van der Waals surface area contributed by atoms with Gasteiger partial charge in [-0.3, -0.25) is 4.99 Å². The van der Waals surface area contributed by atoms with Gasteiger partial charge in [0.05, 0.1) is 0 Å². The van der Waals surface area contributed by atoms with Crippen LogP contribution in [0.4, 0.5) is 13.2 Å². The van der Waals surface area contributed by atoms with Crippen LogP contribution in [0.1, 0.15) is 44.3 Å². The monoisotopic (exact) mass is 568 g/mol. The average Bonchev–Trinajstić information content (AvgIpc) is 3.13. The van der Waals surface area contributed by atoms with Gasteiger partial charge in [0.25, 0.3) is 0 Å². The van der Waals surface area contributed by atoms with Crippen molar-refractivity contribution in [1.29, 1.82) is 0 Å². The molecular formula is C16H28F3IN6O3S. The minimum Gasteiger partial charge on any atom is -0.356 e. The summed E-state index contributed by atoms with van der Waals surface area (Å²) in [4.78, 5) is 8.38. The summed E-state index contributed by atoms with van der Waals surface area (Å²) in [6, 6.07) is 0. The van der Waals surface area contributed by atoms with E-state index in [-0.39, 0.29) is 48.9 Å². The number of hydrogen-bond donors (Lipinski definition) is 2. The van der Waals surface area contributed by atoms with Gasteiger partial charge in [-0.15, -0.1) is 24.0 Å². The number of aromatic nitrogens is 2. The fourth-order valence-corrected chi connectivity index (χ4v) is 3.84. The van der Waals surface area contributed by atoms with Gasteiger partial charge >= 0.3 is 15.5 Å². The summed E-state index contributed by atoms with van der Waals surface area (Å²) in [5.41, 5.74) is -5.25. The van der Waals surface area contributed by atoms with Crippen LogP contribution in [0, 0.1) is 5.92 Å². The van der Waals surface area contributed by atoms with Crippen LogP contribution in [0.2, 0.25) is 0 Å². The Kier molecular flexibility index (Phi) is 10.3. The van der Waals surface area contributed by atoms with E-state index in [1.165, 1.54) is 0 Å². The van der Waals surface area contributed by atoms with Crippen molar-refractivity contribution < 1.29 is 26.1 Å². The second kappa shape index (κ2) is 11.5. The Labute approximate surface area is 191 Å². The lowest BCUT2D eigenvalue weighted by Gasteiger charge is -2.31. The maximum Gasteiger partial charge on any atom is 0.511 e. The number of piperidine rings is 1. The lowest BCUT2D eigenvalue weighted by molar-refractivity contribution is -0.0496. The van der Waals surface area contributed by atoms with Gasteiger partial charge < -0.3 is 15.2 Å². The number of sulfonamides is 1. The number of rotatable bonds is 7. The summed E-state index contributed by atoms with van der Waals surface area (Å²) in [5, 5.41) is 10.1. The van der Waals surface area contributed by atoms with Crippen molar-refractivity contribution in [3.05, 3.63) is 11.7 Å². The number of halogens is 4. The first-order chi connectivity index (χ1) is 13.5. The molecule has 0 aromatic carbocycles. The normalized spacial score (nSPS) is 17.1. The molecule has 14 heteroatoms. The molecule has 9 nitrogen and oxygen atoms in total. The Morgan fingerprint density at radius 3 is 2.43 bits per heavy atom. The Morgan fingerprint density at radius 1 is 1.30 bits per heavy atom. The van der Waals surface area contributed by atoms with Crippen LogP contribution >= 0.6 is 24.0 Å². The van der Waals surface area contributed by atoms with Gasteiger partial charge in [-0.1, -0.05) is 19.0 Å². The molecule has 0 saturated carbocycles. The Bertz CT molecular complexity index is 792. The molecule has 0 spiro atoms. The van der Waals surface area contributed by atoms with Crippen molar-refractivity contribution in [2.75, 3.05) is 33.2 Å². The number of nitrogens with one attached hydrogen (secondary N) is 2. The summed E-state index contributed by atoms with van der Waals surface area (Å²) in [6.07, 6.45) is 1.21. The van der Waals surface area contributed by atoms with Crippen LogP contribution in [0.5, 0.6) is 0 Å². The van der Waals surface area contributed by atoms with Gasteiger partial charge in [-0.05, 0) is 18.8 Å². The zero-order chi connectivity index (χ0) is 21.7. The average molecular weight is 568 g/mol. The molecule has 1 saturated heterocycles. The molecule has 1 aromatic heterocycles. The molecule has 0 radical (unpaired) electrons. The lowest BCUT2D eigenvalue weighted by atomic mass is 9.98. The van der Waals surface area contributed by atoms with E-state index in [4.69, 9.17) is 4.52 Å². The minimum atomic E-state index is -5.25. The number of aliphatic imine (C=N–C) groups is 1. The van der Waals surface area contributed by atoms with Crippen LogP contribution in [0.15, 0.2) is 9.52 Å². The van der Waals surface area contributed by atoms with E-state index in [9.17, 15) is 21.6 Å². The topological polar surface area (TPSA) is 113 Å². The highest BCUT2D eigenvalue weighted by Crippen LogP contribution is 2.30. The molecule has 0 amide bonds. The smallest absolute Gasteiger partial charge is 0.356 e. The van der Waals surface area contributed by atoms with Gasteiger partial charge in [0.1, 0.15) is 0 Å². The number of guanidine groups is 1. The molecule has 1 aromatic rings. The van der Waals surface area contributed by atoms with Gasteiger partial charge in [0, 0.05) is 45.6 Å². The van der Waals surface area contributed by atoms with Gasteiger partial charge in [0.2, 0.25) is 5.89 Å². The second-order valence-corrected chi connectivity index (χ2v) is 9.05. The van der Waals surface area contributed by atoms with Crippen LogP contribution in [0.25, 0.3) is 0 Å². The Balaban J connectivity index is 0.00000450. The van der Waals surface area contributed by atoms with Crippen molar-refractivity contribution in [2.45, 2.75) is 44.5 Å². The molecule has 0 atom stereocenters. The fraction of sp³-hybridized carbons (Fsp3) is 0.812. The molecule has 2 heterocycles. The zero-order valence-electron chi connectivity index (χ0n) is 17.1. The van der Waals surface area contributed by atoms with Crippen LogP contribution < -0.4 is 10.6 Å². The largest absolute Gasteiger partial charge is 0.511 e. The SMILES string of the molecule is CN=C(NCCc1nc(C(C)C)no1)NCC1CCN(S(=O)(=O)C(F)(F)F)CC1.I. The molecule has 0 unspecified atom stereocenters. The van der Waals surface area contributed by atoms with E-state index in [1.807, 2.05) is 13.8 Å². The summed E-state index contributed by atoms with van der Waals surface area (Å²) < 4.78 is 66.4. The van der Waals surface area contributed by atoms with Crippen molar-refractivity contribution in [2.24, 2.45) is 10.9 Å². The van der Waals surface area contributed by atoms with E-state index in [1.54, 1.807) is 7.05 Å². The molecule has 1 aliphatic rings. The van der Waals surface area contributed by atoms with Crippen LogP contribution in [0.3, 0.4) is 0 Å². The van der Waals surface area contributed by atoms with Gasteiger partial charge in [-0.25, -0.2) is 8.42 Å². The molecule has 1 fully saturated rings. The highest BCUT2D eigenvalue weighted by atomic mass is 127. The zero-order valence-corrected chi connectivity index (χ0v) is 20.2. The number of hydrogen-bond acceptors (Lipinski definition) is 6. The van der Waals surface area contributed by atoms with Gasteiger partial charge in [-0.2, -0.15) is 22.5 Å². The third-order valence-electron chi connectivity index (χ3n) is 4.62. The lowest BCUT2D eigenvalue weighted by Crippen LogP contribution is -2.47. The molecule has 174 valence electrons. The quantitative estimate of drug-likeness (QED) is 0.294. The predicted octanol–water partition coefficient (Wildman–Crippen LogP) is 2.08. The summed E-state index contributed by atoms with van der Waals surface area (Å²) in [5.74, 6) is 1.96. The third-order valence-corrected chi connectivity index (χ3v) is 6.25. The standard InChI is InChI=1S/C16H27F3N6O3S.HI/c1-11(2)14-23-13(28-24-14)4-7-21-15(20-3)22-10-12-5-8-25(9-6-12)29(26,27)16(17,18)19;/h11-12H,4-10H2,1-3H3,(H2,20,21,22);1H. The van der Waals surface area contributed by atoms with Crippen LogP contribution in [-0.4, -0.2) is 67.6 Å².